The number of carbonyl (C=O) groups is 2. The van der Waals surface area contributed by atoms with Crippen molar-refractivity contribution in [3.63, 3.8) is 0 Å². The standard InChI is InChI=1S/C26H35N3O2/c1-5-21-7-11-23(12-8-21)25(30)28-15-17-29(18-16-28)26(31)24-13-9-22(10-14-24)19-27(6-2)20(3)4/h7-14,20H,5-6,15-19H2,1-4H3. The molecule has 0 radical (unpaired) electrons. The maximum absolute atomic E-state index is 12.9. The van der Waals surface area contributed by atoms with Crippen LogP contribution in [0.1, 0.15) is 59.5 Å². The van der Waals surface area contributed by atoms with Crippen LogP contribution in [0.2, 0.25) is 0 Å². The van der Waals surface area contributed by atoms with Crippen molar-refractivity contribution in [2.24, 2.45) is 0 Å². The number of piperazine rings is 1. The zero-order valence-corrected chi connectivity index (χ0v) is 19.3. The number of hydrogen-bond acceptors (Lipinski definition) is 3. The third-order valence-electron chi connectivity index (χ3n) is 6.19. The Kier molecular flexibility index (Phi) is 7.85. The van der Waals surface area contributed by atoms with Gasteiger partial charge in [0.1, 0.15) is 0 Å². The highest BCUT2D eigenvalue weighted by atomic mass is 16.2. The molecule has 1 aliphatic heterocycles. The van der Waals surface area contributed by atoms with Crippen LogP contribution in [-0.4, -0.2) is 65.3 Å². The molecule has 2 aromatic carbocycles. The maximum atomic E-state index is 12.9. The number of carbonyl (C=O) groups excluding carboxylic acids is 2. The third-order valence-corrected chi connectivity index (χ3v) is 6.19. The van der Waals surface area contributed by atoms with E-state index in [4.69, 9.17) is 0 Å². The van der Waals surface area contributed by atoms with Gasteiger partial charge in [-0.3, -0.25) is 14.5 Å². The van der Waals surface area contributed by atoms with Crippen molar-refractivity contribution < 1.29 is 9.59 Å². The lowest BCUT2D eigenvalue weighted by Gasteiger charge is -2.35. The number of rotatable bonds is 7. The zero-order chi connectivity index (χ0) is 22.4. The first-order valence-electron chi connectivity index (χ1n) is 11.4. The molecule has 5 nitrogen and oxygen atoms in total. The lowest BCUT2D eigenvalue weighted by molar-refractivity contribution is 0.0535. The summed E-state index contributed by atoms with van der Waals surface area (Å²) in [6, 6.07) is 16.3. The quantitative estimate of drug-likeness (QED) is 0.677. The summed E-state index contributed by atoms with van der Waals surface area (Å²) in [5.74, 6) is 0.0897. The second-order valence-corrected chi connectivity index (χ2v) is 8.49. The summed E-state index contributed by atoms with van der Waals surface area (Å²) in [7, 11) is 0. The SMILES string of the molecule is CCc1ccc(C(=O)N2CCN(C(=O)c3ccc(CN(CC)C(C)C)cc3)CC2)cc1. The van der Waals surface area contributed by atoms with Gasteiger partial charge < -0.3 is 9.80 Å². The van der Waals surface area contributed by atoms with Crippen LogP contribution in [0.5, 0.6) is 0 Å². The van der Waals surface area contributed by atoms with Gasteiger partial charge in [0.05, 0.1) is 0 Å². The summed E-state index contributed by atoms with van der Waals surface area (Å²) in [4.78, 5) is 31.8. The van der Waals surface area contributed by atoms with E-state index in [-0.39, 0.29) is 11.8 Å². The average Bonchev–Trinajstić information content (AvgIpc) is 2.82. The molecule has 1 heterocycles. The molecule has 0 unspecified atom stereocenters. The maximum Gasteiger partial charge on any atom is 0.253 e. The second-order valence-electron chi connectivity index (χ2n) is 8.49. The van der Waals surface area contributed by atoms with Crippen LogP contribution in [0.15, 0.2) is 48.5 Å². The number of aryl methyl sites for hydroxylation is 1. The molecule has 0 aromatic heterocycles. The molecule has 1 fully saturated rings. The Balaban J connectivity index is 1.55. The van der Waals surface area contributed by atoms with Crippen LogP contribution < -0.4 is 0 Å². The molecule has 31 heavy (non-hydrogen) atoms. The minimum atomic E-state index is 0.0437. The Morgan fingerprint density at radius 3 is 1.55 bits per heavy atom. The van der Waals surface area contributed by atoms with Gasteiger partial charge in [0, 0.05) is 49.9 Å². The molecule has 2 aromatic rings. The van der Waals surface area contributed by atoms with Crippen molar-refractivity contribution in [1.29, 1.82) is 0 Å². The fourth-order valence-corrected chi connectivity index (χ4v) is 4.01. The Labute approximate surface area is 186 Å². The first-order chi connectivity index (χ1) is 14.9. The van der Waals surface area contributed by atoms with Gasteiger partial charge in [-0.15, -0.1) is 0 Å². The minimum Gasteiger partial charge on any atom is -0.335 e. The van der Waals surface area contributed by atoms with Crippen molar-refractivity contribution in [3.05, 3.63) is 70.8 Å². The van der Waals surface area contributed by atoms with Crippen LogP contribution in [0.25, 0.3) is 0 Å². The van der Waals surface area contributed by atoms with Crippen molar-refractivity contribution in [1.82, 2.24) is 14.7 Å². The van der Waals surface area contributed by atoms with E-state index in [1.807, 2.05) is 46.2 Å². The fourth-order valence-electron chi connectivity index (χ4n) is 4.01. The molecule has 5 heteroatoms. The van der Waals surface area contributed by atoms with Crippen molar-refractivity contribution in [3.8, 4) is 0 Å². The summed E-state index contributed by atoms with van der Waals surface area (Å²) < 4.78 is 0. The van der Waals surface area contributed by atoms with E-state index in [0.717, 1.165) is 25.1 Å². The number of amides is 2. The van der Waals surface area contributed by atoms with Crippen molar-refractivity contribution >= 4 is 11.8 Å². The summed E-state index contributed by atoms with van der Waals surface area (Å²) in [5, 5.41) is 0. The van der Waals surface area contributed by atoms with Crippen LogP contribution in [-0.2, 0) is 13.0 Å². The Morgan fingerprint density at radius 1 is 0.774 bits per heavy atom. The normalized spacial score (nSPS) is 14.4. The Hall–Kier alpha value is -2.66. The predicted molar refractivity (Wildman–Crippen MR) is 125 cm³/mol. The Bertz CT molecular complexity index is 867. The van der Waals surface area contributed by atoms with E-state index in [2.05, 4.69) is 44.7 Å². The highest BCUT2D eigenvalue weighted by Gasteiger charge is 2.25. The smallest absolute Gasteiger partial charge is 0.253 e. The molecule has 0 N–H and O–H groups in total. The van der Waals surface area contributed by atoms with Crippen LogP contribution in [0.4, 0.5) is 0 Å². The summed E-state index contributed by atoms with van der Waals surface area (Å²) in [5.41, 5.74) is 3.88. The summed E-state index contributed by atoms with van der Waals surface area (Å²) in [6.07, 6.45) is 0.963. The molecule has 0 spiro atoms. The van der Waals surface area contributed by atoms with Gasteiger partial charge in [0.25, 0.3) is 11.8 Å². The van der Waals surface area contributed by atoms with Gasteiger partial charge in [-0.1, -0.05) is 38.1 Å². The molecule has 0 atom stereocenters. The Morgan fingerprint density at radius 2 is 1.19 bits per heavy atom. The second kappa shape index (κ2) is 10.6. The van der Waals surface area contributed by atoms with E-state index in [1.54, 1.807) is 0 Å². The van der Waals surface area contributed by atoms with E-state index in [1.165, 1.54) is 11.1 Å². The summed E-state index contributed by atoms with van der Waals surface area (Å²) >= 11 is 0. The van der Waals surface area contributed by atoms with Crippen LogP contribution in [0.3, 0.4) is 0 Å². The number of nitrogens with zero attached hydrogens (tertiary/aromatic N) is 3. The molecule has 3 rings (SSSR count). The molecular weight excluding hydrogens is 386 g/mol. The molecule has 1 saturated heterocycles. The van der Waals surface area contributed by atoms with Gasteiger partial charge >= 0.3 is 0 Å². The number of hydrogen-bond donors (Lipinski definition) is 0. The van der Waals surface area contributed by atoms with Gasteiger partial charge in [-0.2, -0.15) is 0 Å². The first kappa shape index (κ1) is 23.0. The zero-order valence-electron chi connectivity index (χ0n) is 19.3. The van der Waals surface area contributed by atoms with Crippen molar-refractivity contribution in [2.45, 2.75) is 46.7 Å². The molecular formula is C26H35N3O2. The topological polar surface area (TPSA) is 43.9 Å². The molecule has 1 aliphatic rings. The highest BCUT2D eigenvalue weighted by molar-refractivity contribution is 5.96. The largest absolute Gasteiger partial charge is 0.335 e. The van der Waals surface area contributed by atoms with E-state index < -0.39 is 0 Å². The lowest BCUT2D eigenvalue weighted by atomic mass is 10.1. The van der Waals surface area contributed by atoms with Gasteiger partial charge in [-0.05, 0) is 62.2 Å². The van der Waals surface area contributed by atoms with Crippen molar-refractivity contribution in [2.75, 3.05) is 32.7 Å². The number of benzene rings is 2. The predicted octanol–water partition coefficient (Wildman–Crippen LogP) is 4.08. The van der Waals surface area contributed by atoms with Gasteiger partial charge in [-0.25, -0.2) is 0 Å². The van der Waals surface area contributed by atoms with Gasteiger partial charge in [0.2, 0.25) is 0 Å². The molecule has 166 valence electrons. The minimum absolute atomic E-state index is 0.0437. The van der Waals surface area contributed by atoms with Gasteiger partial charge in [0.15, 0.2) is 0 Å². The van der Waals surface area contributed by atoms with Crippen LogP contribution in [0, 0.1) is 0 Å². The van der Waals surface area contributed by atoms with Crippen LogP contribution >= 0.6 is 0 Å². The average molecular weight is 422 g/mol. The first-order valence-corrected chi connectivity index (χ1v) is 11.4. The molecule has 0 saturated carbocycles. The lowest BCUT2D eigenvalue weighted by Crippen LogP contribution is -2.50. The monoisotopic (exact) mass is 421 g/mol. The molecule has 0 bridgehead atoms. The highest BCUT2D eigenvalue weighted by Crippen LogP contribution is 2.15. The van der Waals surface area contributed by atoms with E-state index in [9.17, 15) is 9.59 Å². The fraction of sp³-hybridized carbons (Fsp3) is 0.462. The molecule has 2 amide bonds. The molecule has 0 aliphatic carbocycles. The third kappa shape index (κ3) is 5.73. The van der Waals surface area contributed by atoms with E-state index >= 15 is 0 Å². The van der Waals surface area contributed by atoms with E-state index in [0.29, 0.717) is 37.8 Å². The summed E-state index contributed by atoms with van der Waals surface area (Å²) in [6.45, 7) is 12.8.